The molecular formula is C24H48N6O12. The molecule has 0 spiro atoms. The number of hydrogen-bond donors (Lipinski definition) is 12. The fourth-order valence-electron chi connectivity index (χ4n) is 5.95. The van der Waals surface area contributed by atoms with Crippen LogP contribution in [0, 0.1) is 5.92 Å². The molecule has 0 aromatic heterocycles. The van der Waals surface area contributed by atoms with Crippen molar-refractivity contribution in [3.8, 4) is 0 Å². The van der Waals surface area contributed by atoms with Crippen molar-refractivity contribution >= 4 is 0 Å². The summed E-state index contributed by atoms with van der Waals surface area (Å²) in [6, 6.07) is -3.59. The topological polar surface area (TPSA) is 333 Å². The zero-order valence-electron chi connectivity index (χ0n) is 23.4. The van der Waals surface area contributed by atoms with Crippen LogP contribution in [0.25, 0.3) is 0 Å². The molecule has 0 aromatic rings. The first kappa shape index (κ1) is 34.2. The molecule has 0 amide bonds. The van der Waals surface area contributed by atoms with Crippen molar-refractivity contribution in [1.82, 2.24) is 0 Å². The van der Waals surface area contributed by atoms with Gasteiger partial charge in [0.25, 0.3) is 0 Å². The van der Waals surface area contributed by atoms with Crippen LogP contribution in [0.2, 0.25) is 0 Å². The number of nitrogens with two attached hydrogens (primary N) is 6. The summed E-state index contributed by atoms with van der Waals surface area (Å²) < 4.78 is 35.1. The van der Waals surface area contributed by atoms with Gasteiger partial charge < -0.3 is 93.5 Å². The summed E-state index contributed by atoms with van der Waals surface area (Å²) in [5, 5.41) is 63.0. The second-order valence-corrected chi connectivity index (χ2v) is 11.6. The monoisotopic (exact) mass is 612 g/mol. The fraction of sp³-hybridized carbons (Fsp3) is 1.00. The van der Waals surface area contributed by atoms with Crippen LogP contribution in [0.3, 0.4) is 0 Å². The lowest BCUT2D eigenvalue weighted by Gasteiger charge is -2.47. The normalized spacial score (nSPS) is 53.8. The minimum absolute atomic E-state index is 0.00462. The SMILES string of the molecule is C[C@@H]1C(N)[C@@H](O[C@@H]2C(N)C[C@@H](N)C(O)[C@H]2O[C@@H]2O[C@H](CO)C(OC3O[C@@H](CN)[C@H](O)C(O)[C@H]3N)[C@@H]2O)OC(CN)[C@H]1O. The zero-order valence-corrected chi connectivity index (χ0v) is 23.4. The van der Waals surface area contributed by atoms with Gasteiger partial charge in [-0.3, -0.25) is 0 Å². The Hall–Kier alpha value is -0.720. The van der Waals surface area contributed by atoms with Gasteiger partial charge in [0.2, 0.25) is 0 Å². The highest BCUT2D eigenvalue weighted by Crippen LogP contribution is 2.34. The predicted molar refractivity (Wildman–Crippen MR) is 142 cm³/mol. The van der Waals surface area contributed by atoms with Gasteiger partial charge in [-0.05, 0) is 6.42 Å². The summed E-state index contributed by atoms with van der Waals surface area (Å²) in [4.78, 5) is 0. The van der Waals surface area contributed by atoms with Gasteiger partial charge >= 0.3 is 0 Å². The first-order valence-corrected chi connectivity index (χ1v) is 14.2. The summed E-state index contributed by atoms with van der Waals surface area (Å²) in [6.07, 6.45) is -16.8. The Balaban J connectivity index is 1.50. The van der Waals surface area contributed by atoms with Crippen molar-refractivity contribution in [2.75, 3.05) is 19.7 Å². The maximum atomic E-state index is 11.1. The smallest absolute Gasteiger partial charge is 0.187 e. The Morgan fingerprint density at radius 2 is 1.12 bits per heavy atom. The molecule has 3 saturated heterocycles. The third-order valence-corrected chi connectivity index (χ3v) is 8.77. The average Bonchev–Trinajstić information content (AvgIpc) is 3.27. The lowest BCUT2D eigenvalue weighted by atomic mass is 9.84. The lowest BCUT2D eigenvalue weighted by molar-refractivity contribution is -0.301. The minimum atomic E-state index is -1.56. The van der Waals surface area contributed by atoms with E-state index in [-0.39, 0.29) is 19.5 Å². The van der Waals surface area contributed by atoms with Crippen LogP contribution in [-0.2, 0) is 28.4 Å². The van der Waals surface area contributed by atoms with Gasteiger partial charge in [-0.1, -0.05) is 6.92 Å². The second-order valence-electron chi connectivity index (χ2n) is 11.6. The molecular weight excluding hydrogens is 564 g/mol. The first-order valence-electron chi connectivity index (χ1n) is 14.2. The molecule has 1 aliphatic carbocycles. The Morgan fingerprint density at radius 3 is 1.71 bits per heavy atom. The zero-order chi connectivity index (χ0) is 31.0. The molecule has 18 heteroatoms. The van der Waals surface area contributed by atoms with E-state index in [2.05, 4.69) is 0 Å². The third kappa shape index (κ3) is 6.62. The summed E-state index contributed by atoms with van der Waals surface area (Å²) in [6.45, 7) is 0.965. The van der Waals surface area contributed by atoms with E-state index < -0.39 is 123 Å². The Bertz CT molecular complexity index is 867. The summed E-state index contributed by atoms with van der Waals surface area (Å²) in [5.74, 6) is -0.446. The van der Waals surface area contributed by atoms with Gasteiger partial charge in [0.1, 0.15) is 48.8 Å². The molecule has 0 bridgehead atoms. The maximum absolute atomic E-state index is 11.1. The summed E-state index contributed by atoms with van der Waals surface area (Å²) >= 11 is 0. The van der Waals surface area contributed by atoms with E-state index >= 15 is 0 Å². The summed E-state index contributed by atoms with van der Waals surface area (Å²) in [7, 11) is 0. The number of ether oxygens (including phenoxy) is 6. The molecule has 3 aliphatic heterocycles. The van der Waals surface area contributed by atoms with E-state index in [1.54, 1.807) is 6.92 Å². The van der Waals surface area contributed by atoms with Crippen LogP contribution < -0.4 is 34.4 Å². The van der Waals surface area contributed by atoms with Gasteiger partial charge in [-0.15, -0.1) is 0 Å². The van der Waals surface area contributed by atoms with Crippen LogP contribution in [0.4, 0.5) is 0 Å². The van der Waals surface area contributed by atoms with Crippen molar-refractivity contribution in [2.24, 2.45) is 40.3 Å². The molecule has 7 unspecified atom stereocenters. The Kier molecular flexibility index (Phi) is 11.5. The molecule has 4 aliphatic rings. The van der Waals surface area contributed by atoms with Crippen molar-refractivity contribution in [3.05, 3.63) is 0 Å². The Labute approximate surface area is 243 Å². The van der Waals surface area contributed by atoms with Crippen LogP contribution in [0.5, 0.6) is 0 Å². The van der Waals surface area contributed by atoms with E-state index in [1.165, 1.54) is 0 Å². The molecule has 3 heterocycles. The molecule has 4 fully saturated rings. The number of hydrogen-bond acceptors (Lipinski definition) is 18. The highest BCUT2D eigenvalue weighted by Gasteiger charge is 2.54. The van der Waals surface area contributed by atoms with Gasteiger partial charge in [0, 0.05) is 31.1 Å². The van der Waals surface area contributed by atoms with Crippen LogP contribution >= 0.6 is 0 Å². The fourth-order valence-corrected chi connectivity index (χ4v) is 5.95. The van der Waals surface area contributed by atoms with E-state index in [0.29, 0.717) is 0 Å². The Morgan fingerprint density at radius 1 is 0.595 bits per heavy atom. The summed E-state index contributed by atoms with van der Waals surface area (Å²) in [5.41, 5.74) is 36.1. The maximum Gasteiger partial charge on any atom is 0.187 e. The molecule has 0 radical (unpaired) electrons. The first-order chi connectivity index (χ1) is 19.8. The van der Waals surface area contributed by atoms with E-state index in [9.17, 15) is 30.6 Å². The van der Waals surface area contributed by atoms with Gasteiger partial charge in [-0.25, -0.2) is 0 Å². The molecule has 1 saturated carbocycles. The number of aliphatic hydroxyl groups is 6. The van der Waals surface area contributed by atoms with Crippen molar-refractivity contribution in [1.29, 1.82) is 0 Å². The van der Waals surface area contributed by atoms with Crippen molar-refractivity contribution in [3.63, 3.8) is 0 Å². The largest absolute Gasteiger partial charge is 0.394 e. The quantitative estimate of drug-likeness (QED) is 0.115. The lowest BCUT2D eigenvalue weighted by Crippen LogP contribution is -2.67. The molecule has 19 atom stereocenters. The van der Waals surface area contributed by atoms with Crippen molar-refractivity contribution in [2.45, 2.75) is 124 Å². The van der Waals surface area contributed by atoms with E-state index in [0.717, 1.165) is 0 Å². The van der Waals surface area contributed by atoms with Gasteiger partial charge in [0.15, 0.2) is 18.9 Å². The van der Waals surface area contributed by atoms with E-state index in [1.807, 2.05) is 0 Å². The number of aliphatic hydroxyl groups excluding tert-OH is 6. The predicted octanol–water partition coefficient (Wildman–Crippen LogP) is -7.62. The second kappa shape index (κ2) is 14.1. The standard InChI is InChI=1S/C24H48N6O12/c1-6-12(29)22(37-9(3-25)14(6)32)40-19-8(28)2-7(27)15(33)21(19)42-24-18(36)20(11(5-31)39-24)41-23-13(30)17(35)16(34)10(4-26)38-23/h6-24,31-36H,2-5,25-30H2,1H3/t6-,7-,8?,9?,10+,11-,12?,13-,14+,15?,16+,17?,18+,19-,20?,21-,22-,23?,24+/m1/s1. The highest BCUT2D eigenvalue weighted by atomic mass is 16.8. The third-order valence-electron chi connectivity index (χ3n) is 8.77. The van der Waals surface area contributed by atoms with Crippen LogP contribution in [-0.4, -0.2) is 161 Å². The molecule has 0 aromatic carbocycles. The average molecular weight is 613 g/mol. The molecule has 18 N–H and O–H groups in total. The van der Waals surface area contributed by atoms with Crippen molar-refractivity contribution < 1.29 is 59.1 Å². The highest BCUT2D eigenvalue weighted by molar-refractivity contribution is 5.02. The van der Waals surface area contributed by atoms with E-state index in [4.69, 9.17) is 62.8 Å². The molecule has 18 nitrogen and oxygen atoms in total. The van der Waals surface area contributed by atoms with Crippen LogP contribution in [0.15, 0.2) is 0 Å². The molecule has 42 heavy (non-hydrogen) atoms. The van der Waals surface area contributed by atoms with Gasteiger partial charge in [0.05, 0.1) is 37.0 Å². The molecule has 246 valence electrons. The molecule has 4 rings (SSSR count). The minimum Gasteiger partial charge on any atom is -0.394 e. The van der Waals surface area contributed by atoms with Crippen LogP contribution in [0.1, 0.15) is 13.3 Å². The van der Waals surface area contributed by atoms with Gasteiger partial charge in [-0.2, -0.15) is 0 Å². The number of rotatable bonds is 9.